The van der Waals surface area contributed by atoms with Crippen molar-refractivity contribution in [1.29, 1.82) is 0 Å². The van der Waals surface area contributed by atoms with E-state index in [1.54, 1.807) is 12.1 Å². The molecular formula is C15H12O2. The first kappa shape index (κ1) is 11.1. The number of phenols is 1. The summed E-state index contributed by atoms with van der Waals surface area (Å²) in [5.74, 6) is 0.0110. The van der Waals surface area contributed by atoms with E-state index >= 15 is 0 Å². The van der Waals surface area contributed by atoms with Gasteiger partial charge in [-0.25, -0.2) is 0 Å². The van der Waals surface area contributed by atoms with Crippen LogP contribution in [0.2, 0.25) is 0 Å². The summed E-state index contributed by atoms with van der Waals surface area (Å²) in [4.78, 5) is 10.7. The van der Waals surface area contributed by atoms with Crippen LogP contribution >= 0.6 is 0 Å². The van der Waals surface area contributed by atoms with Gasteiger partial charge >= 0.3 is 0 Å². The van der Waals surface area contributed by atoms with Crippen LogP contribution in [-0.2, 0) is 0 Å². The van der Waals surface area contributed by atoms with Crippen molar-refractivity contribution in [3.8, 4) is 5.75 Å². The largest absolute Gasteiger partial charge is 0.507 e. The fraction of sp³-hybridized carbons (Fsp3) is 0. The molecule has 84 valence electrons. The van der Waals surface area contributed by atoms with Crippen molar-refractivity contribution in [3.63, 3.8) is 0 Å². The van der Waals surface area contributed by atoms with Gasteiger partial charge in [-0.15, -0.1) is 0 Å². The standard InChI is InChI=1S/C15H12O2/c16-11-14-10-13(8-9-15(14)17)7-6-12-4-2-1-3-5-12/h1-11,17H. The number of carbonyl (C=O) groups is 1. The molecule has 0 saturated heterocycles. The van der Waals surface area contributed by atoms with Gasteiger partial charge in [0.25, 0.3) is 0 Å². The van der Waals surface area contributed by atoms with Crippen LogP contribution in [0.25, 0.3) is 12.2 Å². The highest BCUT2D eigenvalue weighted by Crippen LogP contribution is 2.18. The van der Waals surface area contributed by atoms with Gasteiger partial charge in [0.1, 0.15) is 5.75 Å². The van der Waals surface area contributed by atoms with Gasteiger partial charge in [-0.3, -0.25) is 4.79 Å². The highest BCUT2D eigenvalue weighted by Gasteiger charge is 1.99. The molecule has 17 heavy (non-hydrogen) atoms. The molecule has 0 saturated carbocycles. The van der Waals surface area contributed by atoms with Gasteiger partial charge in [-0.2, -0.15) is 0 Å². The zero-order valence-electron chi connectivity index (χ0n) is 9.21. The van der Waals surface area contributed by atoms with Crippen LogP contribution in [0.1, 0.15) is 21.5 Å². The fourth-order valence-corrected chi connectivity index (χ4v) is 1.53. The lowest BCUT2D eigenvalue weighted by Crippen LogP contribution is -1.82. The lowest BCUT2D eigenvalue weighted by Gasteiger charge is -1.98. The molecule has 0 bridgehead atoms. The molecule has 2 aromatic carbocycles. The highest BCUT2D eigenvalue weighted by molar-refractivity contribution is 5.81. The monoisotopic (exact) mass is 224 g/mol. The van der Waals surface area contributed by atoms with Gasteiger partial charge in [0.15, 0.2) is 6.29 Å². The van der Waals surface area contributed by atoms with Crippen molar-refractivity contribution in [2.24, 2.45) is 0 Å². The molecule has 0 heterocycles. The molecule has 1 N–H and O–H groups in total. The van der Waals surface area contributed by atoms with Gasteiger partial charge in [-0.1, -0.05) is 48.6 Å². The molecule has 0 aliphatic carbocycles. The average Bonchev–Trinajstić information content (AvgIpc) is 2.39. The molecule has 0 aliphatic rings. The molecule has 2 nitrogen and oxygen atoms in total. The minimum Gasteiger partial charge on any atom is -0.507 e. The molecule has 0 aliphatic heterocycles. The number of benzene rings is 2. The predicted molar refractivity (Wildman–Crippen MR) is 68.9 cm³/mol. The minimum atomic E-state index is 0.0110. The summed E-state index contributed by atoms with van der Waals surface area (Å²) in [5.41, 5.74) is 2.28. The molecule has 0 amide bonds. The Kier molecular flexibility index (Phi) is 3.36. The Morgan fingerprint density at radius 2 is 1.59 bits per heavy atom. The quantitative estimate of drug-likeness (QED) is 0.641. The van der Waals surface area contributed by atoms with E-state index in [0.29, 0.717) is 11.8 Å². The maximum absolute atomic E-state index is 10.7. The second-order valence-electron chi connectivity index (χ2n) is 3.68. The number of hydrogen-bond donors (Lipinski definition) is 1. The van der Waals surface area contributed by atoms with E-state index in [-0.39, 0.29) is 5.75 Å². The van der Waals surface area contributed by atoms with E-state index in [9.17, 15) is 9.90 Å². The van der Waals surface area contributed by atoms with Crippen LogP contribution in [-0.4, -0.2) is 11.4 Å². The van der Waals surface area contributed by atoms with E-state index in [0.717, 1.165) is 11.1 Å². The molecule has 0 unspecified atom stereocenters. The summed E-state index contributed by atoms with van der Waals surface area (Å²) >= 11 is 0. The third-order valence-electron chi connectivity index (χ3n) is 2.45. The second-order valence-corrected chi connectivity index (χ2v) is 3.68. The van der Waals surface area contributed by atoms with Crippen molar-refractivity contribution >= 4 is 18.4 Å². The Morgan fingerprint density at radius 3 is 2.29 bits per heavy atom. The van der Waals surface area contributed by atoms with Gasteiger partial charge in [0.2, 0.25) is 0 Å². The SMILES string of the molecule is O=Cc1cc(C=Cc2ccccc2)ccc1O. The Hall–Kier alpha value is -2.35. The van der Waals surface area contributed by atoms with Crippen LogP contribution in [0, 0.1) is 0 Å². The van der Waals surface area contributed by atoms with Crippen LogP contribution in [0.3, 0.4) is 0 Å². The van der Waals surface area contributed by atoms with Crippen LogP contribution in [0.15, 0.2) is 48.5 Å². The smallest absolute Gasteiger partial charge is 0.153 e. The lowest BCUT2D eigenvalue weighted by molar-refractivity contribution is 0.112. The molecule has 0 atom stereocenters. The number of phenolic OH excluding ortho intramolecular Hbond substituents is 1. The van der Waals surface area contributed by atoms with Crippen molar-refractivity contribution in [1.82, 2.24) is 0 Å². The van der Waals surface area contributed by atoms with Crippen molar-refractivity contribution in [2.45, 2.75) is 0 Å². The number of aldehydes is 1. The normalized spacial score (nSPS) is 10.6. The summed E-state index contributed by atoms with van der Waals surface area (Å²) in [6.07, 6.45) is 4.51. The second kappa shape index (κ2) is 5.12. The zero-order valence-corrected chi connectivity index (χ0v) is 9.21. The maximum Gasteiger partial charge on any atom is 0.153 e. The van der Waals surface area contributed by atoms with Gasteiger partial charge < -0.3 is 5.11 Å². The van der Waals surface area contributed by atoms with E-state index in [4.69, 9.17) is 0 Å². The number of carbonyl (C=O) groups excluding carboxylic acids is 1. The number of aromatic hydroxyl groups is 1. The topological polar surface area (TPSA) is 37.3 Å². The Morgan fingerprint density at radius 1 is 0.882 bits per heavy atom. The predicted octanol–water partition coefficient (Wildman–Crippen LogP) is 3.38. The first-order valence-corrected chi connectivity index (χ1v) is 5.31. The molecule has 2 heteroatoms. The van der Waals surface area contributed by atoms with Gasteiger partial charge in [0, 0.05) is 0 Å². The molecule has 0 fully saturated rings. The lowest BCUT2D eigenvalue weighted by atomic mass is 10.1. The van der Waals surface area contributed by atoms with Gasteiger partial charge in [0.05, 0.1) is 5.56 Å². The highest BCUT2D eigenvalue weighted by atomic mass is 16.3. The van der Waals surface area contributed by atoms with Crippen LogP contribution < -0.4 is 0 Å². The van der Waals surface area contributed by atoms with Gasteiger partial charge in [-0.05, 0) is 23.3 Å². The molecule has 0 aromatic heterocycles. The molecule has 2 aromatic rings. The molecule has 2 rings (SSSR count). The zero-order chi connectivity index (χ0) is 12.1. The molecular weight excluding hydrogens is 212 g/mol. The van der Waals surface area contributed by atoms with E-state index in [1.807, 2.05) is 42.5 Å². The molecule has 0 spiro atoms. The average molecular weight is 224 g/mol. The first-order chi connectivity index (χ1) is 8.29. The minimum absolute atomic E-state index is 0.0110. The third-order valence-corrected chi connectivity index (χ3v) is 2.45. The molecule has 0 radical (unpaired) electrons. The Balaban J connectivity index is 2.25. The Labute approximate surface area is 99.8 Å². The maximum atomic E-state index is 10.7. The Bertz CT molecular complexity index is 542. The van der Waals surface area contributed by atoms with Crippen LogP contribution in [0.4, 0.5) is 0 Å². The summed E-state index contributed by atoms with van der Waals surface area (Å²) in [7, 11) is 0. The van der Waals surface area contributed by atoms with Crippen molar-refractivity contribution in [3.05, 3.63) is 65.2 Å². The van der Waals surface area contributed by atoms with Crippen molar-refractivity contribution < 1.29 is 9.90 Å². The van der Waals surface area contributed by atoms with Crippen LogP contribution in [0.5, 0.6) is 5.75 Å². The first-order valence-electron chi connectivity index (χ1n) is 5.31. The summed E-state index contributed by atoms with van der Waals surface area (Å²) in [6.45, 7) is 0. The number of hydrogen-bond acceptors (Lipinski definition) is 2. The summed E-state index contributed by atoms with van der Waals surface area (Å²) < 4.78 is 0. The van der Waals surface area contributed by atoms with Crippen molar-refractivity contribution in [2.75, 3.05) is 0 Å². The summed E-state index contributed by atoms with van der Waals surface area (Å²) in [6, 6.07) is 14.8. The van der Waals surface area contributed by atoms with E-state index < -0.39 is 0 Å². The number of rotatable bonds is 3. The van der Waals surface area contributed by atoms with E-state index in [2.05, 4.69) is 0 Å². The summed E-state index contributed by atoms with van der Waals surface area (Å²) in [5, 5.41) is 9.36. The fourth-order valence-electron chi connectivity index (χ4n) is 1.53. The third kappa shape index (κ3) is 2.82. The van der Waals surface area contributed by atoms with E-state index in [1.165, 1.54) is 6.07 Å².